The van der Waals surface area contributed by atoms with Gasteiger partial charge in [0.05, 0.1) is 24.7 Å². The molecule has 2 aromatic carbocycles. The van der Waals surface area contributed by atoms with E-state index in [4.69, 9.17) is 9.47 Å². The van der Waals surface area contributed by atoms with E-state index in [9.17, 15) is 9.59 Å². The second kappa shape index (κ2) is 7.43. The van der Waals surface area contributed by atoms with Crippen molar-refractivity contribution in [2.75, 3.05) is 24.7 Å². The highest BCUT2D eigenvalue weighted by atomic mass is 16.5. The van der Waals surface area contributed by atoms with Gasteiger partial charge in [0, 0.05) is 18.7 Å². The molecule has 0 saturated heterocycles. The first-order chi connectivity index (χ1) is 13.2. The van der Waals surface area contributed by atoms with E-state index >= 15 is 0 Å². The first kappa shape index (κ1) is 17.6. The molecule has 2 aromatic rings. The maximum atomic E-state index is 13.4. The second-order valence-corrected chi connectivity index (χ2v) is 7.00. The number of carbonyl (C=O) groups is 2. The van der Waals surface area contributed by atoms with Gasteiger partial charge in [0.1, 0.15) is 5.75 Å². The summed E-state index contributed by atoms with van der Waals surface area (Å²) in [6, 6.07) is 15.3. The molecule has 1 aliphatic heterocycles. The molecule has 2 unspecified atom stereocenters. The Morgan fingerprint density at radius 1 is 1.15 bits per heavy atom. The van der Waals surface area contributed by atoms with Crippen molar-refractivity contribution in [3.8, 4) is 5.75 Å². The van der Waals surface area contributed by atoms with Crippen LogP contribution in [-0.4, -0.2) is 31.6 Å². The van der Waals surface area contributed by atoms with Crippen molar-refractivity contribution in [3.63, 3.8) is 0 Å². The molecule has 140 valence electrons. The number of carbonyl (C=O) groups excluding carboxylic acids is 2. The van der Waals surface area contributed by atoms with Gasteiger partial charge < -0.3 is 14.4 Å². The fraction of sp³-hybridized carbons (Fsp3) is 0.364. The van der Waals surface area contributed by atoms with Crippen molar-refractivity contribution >= 4 is 17.6 Å². The van der Waals surface area contributed by atoms with Crippen molar-refractivity contribution in [2.45, 2.75) is 19.8 Å². The third kappa shape index (κ3) is 3.54. The van der Waals surface area contributed by atoms with Gasteiger partial charge in [-0.3, -0.25) is 9.59 Å². The molecular formula is C22H23NO4. The minimum absolute atomic E-state index is 0.0885. The minimum atomic E-state index is -0.160. The van der Waals surface area contributed by atoms with Crippen molar-refractivity contribution in [3.05, 3.63) is 59.7 Å². The molecule has 2 atom stereocenters. The van der Waals surface area contributed by atoms with Crippen LogP contribution in [0.4, 0.5) is 5.69 Å². The zero-order chi connectivity index (χ0) is 18.8. The van der Waals surface area contributed by atoms with Gasteiger partial charge in [-0.25, -0.2) is 0 Å². The zero-order valence-corrected chi connectivity index (χ0v) is 15.4. The lowest BCUT2D eigenvalue weighted by Gasteiger charge is -2.24. The molecule has 1 amide bonds. The number of amides is 1. The van der Waals surface area contributed by atoms with Crippen LogP contribution >= 0.6 is 0 Å². The molecule has 2 aliphatic rings. The number of esters is 1. The average molecular weight is 365 g/mol. The summed E-state index contributed by atoms with van der Waals surface area (Å²) in [6.45, 7) is 3.30. The van der Waals surface area contributed by atoms with E-state index in [1.807, 2.05) is 55.5 Å². The maximum absolute atomic E-state index is 13.4. The molecule has 27 heavy (non-hydrogen) atoms. The van der Waals surface area contributed by atoms with Crippen molar-refractivity contribution in [1.82, 2.24) is 0 Å². The lowest BCUT2D eigenvalue weighted by molar-refractivity contribution is -0.145. The highest BCUT2D eigenvalue weighted by Gasteiger charge is 2.46. The quantitative estimate of drug-likeness (QED) is 0.736. The van der Waals surface area contributed by atoms with Crippen LogP contribution in [0.3, 0.4) is 0 Å². The summed E-state index contributed by atoms with van der Waals surface area (Å²) >= 11 is 0. The van der Waals surface area contributed by atoms with Crippen molar-refractivity contribution in [2.24, 2.45) is 11.8 Å². The van der Waals surface area contributed by atoms with Gasteiger partial charge in [0.25, 0.3) is 5.91 Å². The summed E-state index contributed by atoms with van der Waals surface area (Å²) in [4.78, 5) is 27.1. The number of para-hydroxylation sites is 2. The predicted octanol–water partition coefficient (Wildman–Crippen LogP) is 3.47. The lowest BCUT2D eigenvalue weighted by Crippen LogP contribution is -2.33. The Hall–Kier alpha value is -2.82. The van der Waals surface area contributed by atoms with Gasteiger partial charge in [-0.1, -0.05) is 30.3 Å². The first-order valence-corrected chi connectivity index (χ1v) is 9.47. The third-order valence-electron chi connectivity index (χ3n) is 5.19. The molecule has 1 fully saturated rings. The van der Waals surface area contributed by atoms with E-state index in [2.05, 4.69) is 0 Å². The van der Waals surface area contributed by atoms with Crippen LogP contribution in [0.5, 0.6) is 5.75 Å². The standard InChI is InChI=1S/C22H23NO4/c1-2-26-22(25)19-13-16(19)14-23(17-8-4-3-5-9-17)21(24)18-10-6-7-15-11-12-27-20(15)18/h3-10,16,19H,2,11-14H2,1H3. The zero-order valence-electron chi connectivity index (χ0n) is 15.4. The van der Waals surface area contributed by atoms with Crippen LogP contribution in [0.2, 0.25) is 0 Å². The summed E-state index contributed by atoms with van der Waals surface area (Å²) in [5.41, 5.74) is 2.49. The highest BCUT2D eigenvalue weighted by molar-refractivity contribution is 6.08. The van der Waals surface area contributed by atoms with Crippen LogP contribution in [0.25, 0.3) is 0 Å². The van der Waals surface area contributed by atoms with Crippen LogP contribution in [0.15, 0.2) is 48.5 Å². The van der Waals surface area contributed by atoms with E-state index in [0.29, 0.717) is 31.1 Å². The molecule has 0 aromatic heterocycles. The Morgan fingerprint density at radius 3 is 2.74 bits per heavy atom. The first-order valence-electron chi connectivity index (χ1n) is 9.47. The van der Waals surface area contributed by atoms with Crippen molar-refractivity contribution < 1.29 is 19.1 Å². The van der Waals surface area contributed by atoms with Gasteiger partial charge in [-0.05, 0) is 43.0 Å². The van der Waals surface area contributed by atoms with Crippen LogP contribution in [-0.2, 0) is 16.0 Å². The Balaban J connectivity index is 1.59. The normalized spacial score (nSPS) is 19.7. The number of fused-ring (bicyclic) bond motifs is 1. The Kier molecular flexibility index (Phi) is 4.84. The van der Waals surface area contributed by atoms with Crippen LogP contribution in [0, 0.1) is 11.8 Å². The Labute approximate surface area is 158 Å². The lowest BCUT2D eigenvalue weighted by atomic mass is 10.1. The molecule has 5 nitrogen and oxygen atoms in total. The average Bonchev–Trinajstić information content (AvgIpc) is 3.31. The molecule has 1 heterocycles. The van der Waals surface area contributed by atoms with E-state index < -0.39 is 0 Å². The SMILES string of the molecule is CCOC(=O)C1CC1CN(C(=O)c1cccc2c1OCC2)c1ccccc1. The molecular weight excluding hydrogens is 342 g/mol. The fourth-order valence-electron chi connectivity index (χ4n) is 3.66. The topological polar surface area (TPSA) is 55.8 Å². The number of benzene rings is 2. The summed E-state index contributed by atoms with van der Waals surface area (Å²) in [5.74, 6) is 0.468. The maximum Gasteiger partial charge on any atom is 0.309 e. The monoisotopic (exact) mass is 365 g/mol. The summed E-state index contributed by atoms with van der Waals surface area (Å²) in [6.07, 6.45) is 1.59. The molecule has 1 saturated carbocycles. The van der Waals surface area contributed by atoms with Gasteiger partial charge >= 0.3 is 5.97 Å². The fourth-order valence-corrected chi connectivity index (χ4v) is 3.66. The number of rotatable bonds is 6. The second-order valence-electron chi connectivity index (χ2n) is 7.00. The van der Waals surface area contributed by atoms with Gasteiger partial charge in [-0.2, -0.15) is 0 Å². The van der Waals surface area contributed by atoms with Crippen molar-refractivity contribution in [1.29, 1.82) is 0 Å². The van der Waals surface area contributed by atoms with E-state index in [1.54, 1.807) is 4.90 Å². The number of hydrogen-bond donors (Lipinski definition) is 0. The third-order valence-corrected chi connectivity index (χ3v) is 5.19. The molecule has 0 spiro atoms. The molecule has 0 bridgehead atoms. The largest absolute Gasteiger partial charge is 0.492 e. The summed E-state index contributed by atoms with van der Waals surface area (Å²) in [7, 11) is 0. The Morgan fingerprint density at radius 2 is 1.96 bits per heavy atom. The number of ether oxygens (including phenoxy) is 2. The summed E-state index contributed by atoms with van der Waals surface area (Å²) in [5, 5.41) is 0. The predicted molar refractivity (Wildman–Crippen MR) is 102 cm³/mol. The molecule has 5 heteroatoms. The van der Waals surface area contributed by atoms with Gasteiger partial charge in [-0.15, -0.1) is 0 Å². The molecule has 4 rings (SSSR count). The number of anilines is 1. The molecule has 0 N–H and O–H groups in total. The molecule has 1 aliphatic carbocycles. The number of hydrogen-bond acceptors (Lipinski definition) is 4. The van der Waals surface area contributed by atoms with E-state index in [0.717, 1.165) is 24.1 Å². The Bertz CT molecular complexity index is 849. The van der Waals surface area contributed by atoms with E-state index in [1.165, 1.54) is 0 Å². The van der Waals surface area contributed by atoms with Crippen LogP contribution < -0.4 is 9.64 Å². The minimum Gasteiger partial charge on any atom is -0.492 e. The van der Waals surface area contributed by atoms with E-state index in [-0.39, 0.29) is 23.7 Å². The van der Waals surface area contributed by atoms with Gasteiger partial charge in [0.15, 0.2) is 0 Å². The smallest absolute Gasteiger partial charge is 0.309 e. The van der Waals surface area contributed by atoms with Crippen LogP contribution in [0.1, 0.15) is 29.3 Å². The highest BCUT2D eigenvalue weighted by Crippen LogP contribution is 2.41. The molecule has 0 radical (unpaired) electrons. The van der Waals surface area contributed by atoms with Gasteiger partial charge in [0.2, 0.25) is 0 Å². The number of nitrogens with zero attached hydrogens (tertiary/aromatic N) is 1. The summed E-state index contributed by atoms with van der Waals surface area (Å²) < 4.78 is 10.9.